The highest BCUT2D eigenvalue weighted by molar-refractivity contribution is 7.80. The van der Waals surface area contributed by atoms with Gasteiger partial charge in [-0.25, -0.2) is 0 Å². The third-order valence-corrected chi connectivity index (χ3v) is 4.88. The van der Waals surface area contributed by atoms with E-state index in [1.807, 2.05) is 30.3 Å². The summed E-state index contributed by atoms with van der Waals surface area (Å²) in [5, 5.41) is 0.691. The fourth-order valence-corrected chi connectivity index (χ4v) is 3.72. The maximum atomic E-state index is 12.8. The minimum atomic E-state index is -0.0455. The molecule has 2 heterocycles. The molecule has 1 atom stereocenters. The average molecular weight is 302 g/mol. The van der Waals surface area contributed by atoms with Crippen LogP contribution in [0.2, 0.25) is 0 Å². The summed E-state index contributed by atoms with van der Waals surface area (Å²) >= 11 is 5.61. The summed E-state index contributed by atoms with van der Waals surface area (Å²) in [5.41, 5.74) is 0.898. The SMILES string of the molecule is O=C1[C@H]2CCCCCCCCN2C(=S)N1c1ccccc1. The fourth-order valence-electron chi connectivity index (χ4n) is 3.31. The number of thiocarbonyl (C=S) groups is 1. The van der Waals surface area contributed by atoms with Gasteiger partial charge in [-0.05, 0) is 37.2 Å². The van der Waals surface area contributed by atoms with Crippen molar-refractivity contribution in [2.24, 2.45) is 0 Å². The molecule has 4 heteroatoms. The van der Waals surface area contributed by atoms with Gasteiger partial charge in [0.15, 0.2) is 5.11 Å². The number of nitrogens with zero attached hydrogens (tertiary/aromatic N) is 2. The molecule has 21 heavy (non-hydrogen) atoms. The van der Waals surface area contributed by atoms with Gasteiger partial charge >= 0.3 is 0 Å². The zero-order valence-corrected chi connectivity index (χ0v) is 13.1. The van der Waals surface area contributed by atoms with Crippen molar-refractivity contribution in [1.29, 1.82) is 0 Å². The number of carbonyl (C=O) groups is 1. The number of fused-ring (bicyclic) bond motifs is 1. The first-order valence-electron chi connectivity index (χ1n) is 7.98. The molecule has 0 aliphatic carbocycles. The van der Waals surface area contributed by atoms with Crippen molar-refractivity contribution in [3.05, 3.63) is 30.3 Å². The van der Waals surface area contributed by atoms with Crippen molar-refractivity contribution in [2.75, 3.05) is 11.4 Å². The minimum absolute atomic E-state index is 0.0455. The first-order chi connectivity index (χ1) is 10.3. The molecule has 0 bridgehead atoms. The summed E-state index contributed by atoms with van der Waals surface area (Å²) in [4.78, 5) is 16.7. The Bertz CT molecular complexity index is 489. The summed E-state index contributed by atoms with van der Waals surface area (Å²) in [6.07, 6.45) is 8.27. The Kier molecular flexibility index (Phi) is 4.54. The molecule has 0 unspecified atom stereocenters. The van der Waals surface area contributed by atoms with E-state index in [9.17, 15) is 4.79 Å². The summed E-state index contributed by atoms with van der Waals surface area (Å²) in [6, 6.07) is 9.75. The van der Waals surface area contributed by atoms with Gasteiger partial charge in [0.1, 0.15) is 6.04 Å². The molecule has 0 aromatic heterocycles. The lowest BCUT2D eigenvalue weighted by Crippen LogP contribution is -2.36. The van der Waals surface area contributed by atoms with Gasteiger partial charge in [0.25, 0.3) is 5.91 Å². The number of benzene rings is 1. The molecule has 3 nitrogen and oxygen atoms in total. The van der Waals surface area contributed by atoms with Gasteiger partial charge in [-0.15, -0.1) is 0 Å². The first kappa shape index (κ1) is 14.5. The average Bonchev–Trinajstić information content (AvgIpc) is 2.75. The van der Waals surface area contributed by atoms with Gasteiger partial charge in [-0.2, -0.15) is 0 Å². The zero-order valence-electron chi connectivity index (χ0n) is 12.3. The second kappa shape index (κ2) is 6.56. The monoisotopic (exact) mass is 302 g/mol. The maximum Gasteiger partial charge on any atom is 0.256 e. The van der Waals surface area contributed by atoms with Gasteiger partial charge in [0.05, 0.1) is 5.69 Å². The van der Waals surface area contributed by atoms with Crippen LogP contribution in [-0.2, 0) is 4.79 Å². The lowest BCUT2D eigenvalue weighted by Gasteiger charge is -2.25. The van der Waals surface area contributed by atoms with Crippen LogP contribution in [0.15, 0.2) is 30.3 Å². The van der Waals surface area contributed by atoms with Gasteiger partial charge in [0, 0.05) is 6.54 Å². The van der Waals surface area contributed by atoms with Crippen LogP contribution >= 0.6 is 12.2 Å². The Morgan fingerprint density at radius 1 is 0.952 bits per heavy atom. The van der Waals surface area contributed by atoms with Crippen LogP contribution in [0.4, 0.5) is 5.69 Å². The van der Waals surface area contributed by atoms with E-state index in [0.717, 1.165) is 31.5 Å². The number of rotatable bonds is 1. The summed E-state index contributed by atoms with van der Waals surface area (Å²) in [6.45, 7) is 0.915. The zero-order chi connectivity index (χ0) is 14.7. The number of para-hydroxylation sites is 1. The molecule has 2 aliphatic heterocycles. The molecule has 0 saturated carbocycles. The van der Waals surface area contributed by atoms with E-state index in [2.05, 4.69) is 4.90 Å². The lowest BCUT2D eigenvalue weighted by atomic mass is 10.0. The van der Waals surface area contributed by atoms with Crippen LogP contribution < -0.4 is 4.90 Å². The molecule has 0 radical (unpaired) electrons. The molecule has 0 spiro atoms. The first-order valence-corrected chi connectivity index (χ1v) is 8.39. The molecule has 1 aromatic carbocycles. The highest BCUT2D eigenvalue weighted by Crippen LogP contribution is 2.29. The van der Waals surface area contributed by atoms with Crippen LogP contribution in [0, 0.1) is 0 Å². The standard InChI is InChI=1S/C17H22N2OS/c20-16-15-12-8-3-1-2-4-9-13-18(15)17(21)19(16)14-10-6-5-7-11-14/h5-7,10-11,15H,1-4,8-9,12-13H2/t15-/m1/s1. The number of hydrogen-bond acceptors (Lipinski definition) is 2. The normalized spacial score (nSPS) is 24.1. The molecule has 2 saturated heterocycles. The van der Waals surface area contributed by atoms with Gasteiger partial charge < -0.3 is 4.90 Å². The molecule has 1 aromatic rings. The van der Waals surface area contributed by atoms with E-state index in [-0.39, 0.29) is 11.9 Å². The van der Waals surface area contributed by atoms with Crippen molar-refractivity contribution in [3.8, 4) is 0 Å². The Morgan fingerprint density at radius 3 is 2.38 bits per heavy atom. The van der Waals surface area contributed by atoms with Crippen LogP contribution in [-0.4, -0.2) is 28.5 Å². The van der Waals surface area contributed by atoms with Crippen molar-refractivity contribution >= 4 is 28.9 Å². The van der Waals surface area contributed by atoms with Crippen LogP contribution in [0.5, 0.6) is 0 Å². The topological polar surface area (TPSA) is 23.6 Å². The van der Waals surface area contributed by atoms with E-state index in [0.29, 0.717) is 5.11 Å². The highest BCUT2D eigenvalue weighted by atomic mass is 32.1. The predicted octanol–water partition coefficient (Wildman–Crippen LogP) is 3.73. The molecule has 0 N–H and O–H groups in total. The number of carbonyl (C=O) groups excluding carboxylic acids is 1. The van der Waals surface area contributed by atoms with Gasteiger partial charge in [-0.1, -0.05) is 50.3 Å². The Labute approximate surface area is 131 Å². The van der Waals surface area contributed by atoms with Crippen molar-refractivity contribution in [2.45, 2.75) is 51.0 Å². The molecule has 112 valence electrons. The smallest absolute Gasteiger partial charge is 0.256 e. The van der Waals surface area contributed by atoms with E-state index in [1.54, 1.807) is 4.90 Å². The van der Waals surface area contributed by atoms with Crippen LogP contribution in [0.1, 0.15) is 44.9 Å². The molecule has 3 rings (SSSR count). The molecule has 2 fully saturated rings. The lowest BCUT2D eigenvalue weighted by molar-refractivity contribution is -0.120. The minimum Gasteiger partial charge on any atom is -0.336 e. The Morgan fingerprint density at radius 2 is 1.62 bits per heavy atom. The fraction of sp³-hybridized carbons (Fsp3) is 0.529. The van der Waals surface area contributed by atoms with E-state index < -0.39 is 0 Å². The highest BCUT2D eigenvalue weighted by Gasteiger charge is 2.42. The molecular weight excluding hydrogens is 280 g/mol. The quantitative estimate of drug-likeness (QED) is 0.739. The van der Waals surface area contributed by atoms with E-state index in [4.69, 9.17) is 12.2 Å². The third-order valence-electron chi connectivity index (χ3n) is 4.46. The van der Waals surface area contributed by atoms with Crippen molar-refractivity contribution < 1.29 is 4.79 Å². The number of hydrogen-bond donors (Lipinski definition) is 0. The van der Waals surface area contributed by atoms with Crippen LogP contribution in [0.25, 0.3) is 0 Å². The Balaban J connectivity index is 1.85. The van der Waals surface area contributed by atoms with Crippen molar-refractivity contribution in [3.63, 3.8) is 0 Å². The molecular formula is C17H22N2OS. The van der Waals surface area contributed by atoms with E-state index in [1.165, 1.54) is 25.7 Å². The second-order valence-corrected chi connectivity index (χ2v) is 6.28. The van der Waals surface area contributed by atoms with Gasteiger partial charge in [0.2, 0.25) is 0 Å². The summed E-state index contributed by atoms with van der Waals surface area (Å²) in [5.74, 6) is 0.159. The number of anilines is 1. The predicted molar refractivity (Wildman–Crippen MR) is 89.3 cm³/mol. The largest absolute Gasteiger partial charge is 0.336 e. The Hall–Kier alpha value is -1.42. The molecule has 2 aliphatic rings. The molecule has 1 amide bonds. The van der Waals surface area contributed by atoms with Gasteiger partial charge in [-0.3, -0.25) is 9.69 Å². The van der Waals surface area contributed by atoms with E-state index >= 15 is 0 Å². The summed E-state index contributed by atoms with van der Waals surface area (Å²) < 4.78 is 0. The number of amides is 1. The summed E-state index contributed by atoms with van der Waals surface area (Å²) in [7, 11) is 0. The van der Waals surface area contributed by atoms with Crippen molar-refractivity contribution in [1.82, 2.24) is 4.90 Å². The third kappa shape index (κ3) is 2.95. The second-order valence-electron chi connectivity index (χ2n) is 5.91. The maximum absolute atomic E-state index is 12.8. The van der Waals surface area contributed by atoms with Crippen LogP contribution in [0.3, 0.4) is 0 Å².